The molecule has 1 heterocycles. The summed E-state index contributed by atoms with van der Waals surface area (Å²) in [5.74, 6) is 0. The van der Waals surface area contributed by atoms with E-state index < -0.39 is 0 Å². The molecule has 0 aliphatic carbocycles. The van der Waals surface area contributed by atoms with Gasteiger partial charge in [-0.1, -0.05) is 6.92 Å². The van der Waals surface area contributed by atoms with Crippen LogP contribution in [0.3, 0.4) is 0 Å². The van der Waals surface area contributed by atoms with Gasteiger partial charge in [0.25, 0.3) is 0 Å². The quantitative estimate of drug-likeness (QED) is 0.632. The molecule has 1 aliphatic heterocycles. The summed E-state index contributed by atoms with van der Waals surface area (Å²) in [5.41, 5.74) is 5.82. The fraction of sp³-hybridized carbons (Fsp3) is 1.00. The molecule has 2 nitrogen and oxygen atoms in total. The van der Waals surface area contributed by atoms with E-state index in [-0.39, 0.29) is 6.04 Å². The third-order valence-electron chi connectivity index (χ3n) is 2.16. The molecule has 0 spiro atoms. The smallest absolute Gasteiger partial charge is 0.0725 e. The molecule has 1 aliphatic rings. The Morgan fingerprint density at radius 2 is 2.40 bits per heavy atom. The Morgan fingerprint density at radius 3 is 2.90 bits per heavy atom. The minimum Gasteiger partial charge on any atom is -0.377 e. The number of hydrogen-bond donors (Lipinski definition) is 1. The lowest BCUT2D eigenvalue weighted by atomic mass is 10.0. The van der Waals surface area contributed by atoms with Crippen LogP contribution >= 0.6 is 0 Å². The number of nitrogens with two attached hydrogens (primary N) is 1. The van der Waals surface area contributed by atoms with Crippen molar-refractivity contribution in [3.63, 3.8) is 0 Å². The van der Waals surface area contributed by atoms with Crippen molar-refractivity contribution >= 4 is 0 Å². The second-order valence-electron chi connectivity index (χ2n) is 2.98. The van der Waals surface area contributed by atoms with Gasteiger partial charge >= 0.3 is 0 Å². The summed E-state index contributed by atoms with van der Waals surface area (Å²) in [6.45, 7) is 3.03. The van der Waals surface area contributed by atoms with E-state index in [4.69, 9.17) is 10.5 Å². The average molecular weight is 143 g/mol. The van der Waals surface area contributed by atoms with Crippen molar-refractivity contribution in [2.24, 2.45) is 5.73 Å². The summed E-state index contributed by atoms with van der Waals surface area (Å²) in [6.07, 6.45) is 5.05. The maximum Gasteiger partial charge on any atom is 0.0725 e. The SMILES string of the molecule is CCC(N)C1CCCCO1. The van der Waals surface area contributed by atoms with E-state index in [9.17, 15) is 0 Å². The molecule has 2 atom stereocenters. The van der Waals surface area contributed by atoms with Crippen LogP contribution in [-0.2, 0) is 4.74 Å². The summed E-state index contributed by atoms with van der Waals surface area (Å²) in [5, 5.41) is 0. The first-order valence-electron chi connectivity index (χ1n) is 4.21. The van der Waals surface area contributed by atoms with E-state index in [1.54, 1.807) is 0 Å². The van der Waals surface area contributed by atoms with Crippen molar-refractivity contribution in [2.45, 2.75) is 44.8 Å². The topological polar surface area (TPSA) is 35.2 Å². The van der Waals surface area contributed by atoms with Crippen LogP contribution in [-0.4, -0.2) is 18.8 Å². The van der Waals surface area contributed by atoms with Gasteiger partial charge in [0, 0.05) is 12.6 Å². The van der Waals surface area contributed by atoms with Crippen LogP contribution < -0.4 is 5.73 Å². The second-order valence-corrected chi connectivity index (χ2v) is 2.98. The minimum atomic E-state index is 0.264. The fourth-order valence-corrected chi connectivity index (χ4v) is 1.37. The Morgan fingerprint density at radius 1 is 1.60 bits per heavy atom. The highest BCUT2D eigenvalue weighted by atomic mass is 16.5. The summed E-state index contributed by atoms with van der Waals surface area (Å²) in [7, 11) is 0. The molecule has 2 heteroatoms. The van der Waals surface area contributed by atoms with Gasteiger partial charge in [0.15, 0.2) is 0 Å². The first-order chi connectivity index (χ1) is 4.84. The van der Waals surface area contributed by atoms with Crippen LogP contribution in [0.15, 0.2) is 0 Å². The third-order valence-corrected chi connectivity index (χ3v) is 2.16. The molecular formula is C8H17NO. The normalized spacial score (nSPS) is 30.0. The zero-order valence-electron chi connectivity index (χ0n) is 6.68. The first-order valence-corrected chi connectivity index (χ1v) is 4.21. The van der Waals surface area contributed by atoms with Gasteiger partial charge in [0.1, 0.15) is 0 Å². The fourth-order valence-electron chi connectivity index (χ4n) is 1.37. The van der Waals surface area contributed by atoms with Crippen LogP contribution in [0, 0.1) is 0 Å². The van der Waals surface area contributed by atoms with Crippen molar-refractivity contribution in [1.82, 2.24) is 0 Å². The molecular weight excluding hydrogens is 126 g/mol. The van der Waals surface area contributed by atoms with Gasteiger partial charge in [-0.05, 0) is 25.7 Å². The molecule has 0 radical (unpaired) electrons. The lowest BCUT2D eigenvalue weighted by molar-refractivity contribution is -0.0000974. The van der Waals surface area contributed by atoms with Gasteiger partial charge in [0.2, 0.25) is 0 Å². The predicted octanol–water partition coefficient (Wildman–Crippen LogP) is 1.29. The van der Waals surface area contributed by atoms with Crippen molar-refractivity contribution in [3.8, 4) is 0 Å². The summed E-state index contributed by atoms with van der Waals surface area (Å²) < 4.78 is 5.51. The van der Waals surface area contributed by atoms with Gasteiger partial charge in [-0.2, -0.15) is 0 Å². The van der Waals surface area contributed by atoms with E-state index in [2.05, 4.69) is 6.92 Å². The standard InChI is InChI=1S/C8H17NO/c1-2-7(9)8-5-3-4-6-10-8/h7-8H,2-6,9H2,1H3. The Bertz CT molecular complexity index is 89.3. The van der Waals surface area contributed by atoms with Crippen LogP contribution in [0.1, 0.15) is 32.6 Å². The molecule has 60 valence electrons. The van der Waals surface area contributed by atoms with Crippen molar-refractivity contribution in [1.29, 1.82) is 0 Å². The monoisotopic (exact) mass is 143 g/mol. The van der Waals surface area contributed by atoms with Crippen molar-refractivity contribution in [3.05, 3.63) is 0 Å². The van der Waals surface area contributed by atoms with Gasteiger partial charge in [-0.25, -0.2) is 0 Å². The summed E-state index contributed by atoms with van der Waals surface area (Å²) in [4.78, 5) is 0. The highest BCUT2D eigenvalue weighted by molar-refractivity contribution is 4.74. The zero-order valence-corrected chi connectivity index (χ0v) is 6.68. The Labute approximate surface area is 62.7 Å². The van der Waals surface area contributed by atoms with Crippen molar-refractivity contribution < 1.29 is 4.74 Å². The van der Waals surface area contributed by atoms with Crippen LogP contribution in [0.25, 0.3) is 0 Å². The molecule has 1 saturated heterocycles. The maximum absolute atomic E-state index is 5.82. The number of hydrogen-bond acceptors (Lipinski definition) is 2. The lowest BCUT2D eigenvalue weighted by Gasteiger charge is -2.26. The van der Waals surface area contributed by atoms with Gasteiger partial charge < -0.3 is 10.5 Å². The first kappa shape index (κ1) is 8.02. The molecule has 0 aromatic carbocycles. The van der Waals surface area contributed by atoms with E-state index >= 15 is 0 Å². The summed E-state index contributed by atoms with van der Waals surface area (Å²) >= 11 is 0. The molecule has 0 bridgehead atoms. The Balaban J connectivity index is 2.24. The Hall–Kier alpha value is -0.0800. The Kier molecular flexibility index (Phi) is 3.16. The molecule has 0 amide bonds. The van der Waals surface area contributed by atoms with E-state index in [0.29, 0.717) is 6.10 Å². The van der Waals surface area contributed by atoms with Gasteiger partial charge in [0.05, 0.1) is 6.10 Å². The average Bonchev–Trinajstić information content (AvgIpc) is 2.05. The van der Waals surface area contributed by atoms with Gasteiger partial charge in [-0.3, -0.25) is 0 Å². The summed E-state index contributed by atoms with van der Waals surface area (Å²) in [6, 6.07) is 0.264. The van der Waals surface area contributed by atoms with E-state index in [1.807, 2.05) is 0 Å². The molecule has 0 aromatic rings. The molecule has 1 rings (SSSR count). The number of ether oxygens (including phenoxy) is 1. The van der Waals surface area contributed by atoms with Gasteiger partial charge in [-0.15, -0.1) is 0 Å². The highest BCUT2D eigenvalue weighted by Gasteiger charge is 2.19. The molecule has 1 fully saturated rings. The van der Waals surface area contributed by atoms with Crippen LogP contribution in [0.2, 0.25) is 0 Å². The van der Waals surface area contributed by atoms with E-state index in [1.165, 1.54) is 12.8 Å². The molecule has 0 aromatic heterocycles. The maximum atomic E-state index is 5.82. The van der Waals surface area contributed by atoms with Crippen LogP contribution in [0.4, 0.5) is 0 Å². The molecule has 10 heavy (non-hydrogen) atoms. The second kappa shape index (κ2) is 3.94. The van der Waals surface area contributed by atoms with Crippen molar-refractivity contribution in [2.75, 3.05) is 6.61 Å². The lowest BCUT2D eigenvalue weighted by Crippen LogP contribution is -2.38. The van der Waals surface area contributed by atoms with E-state index in [0.717, 1.165) is 19.4 Å². The highest BCUT2D eigenvalue weighted by Crippen LogP contribution is 2.15. The number of rotatable bonds is 2. The molecule has 0 saturated carbocycles. The minimum absolute atomic E-state index is 0.264. The predicted molar refractivity (Wildman–Crippen MR) is 41.9 cm³/mol. The third kappa shape index (κ3) is 1.96. The van der Waals surface area contributed by atoms with Crippen LogP contribution in [0.5, 0.6) is 0 Å². The zero-order chi connectivity index (χ0) is 7.40. The molecule has 2 unspecified atom stereocenters. The largest absolute Gasteiger partial charge is 0.377 e. The molecule has 2 N–H and O–H groups in total.